The number of nitrogens with one attached hydrogen (secondary N) is 1. The average Bonchev–Trinajstić information content (AvgIpc) is 2.86. The summed E-state index contributed by atoms with van der Waals surface area (Å²) in [5, 5.41) is 32.5. The Morgan fingerprint density at radius 3 is 2.42 bits per heavy atom. The highest BCUT2D eigenvalue weighted by Gasteiger charge is 2.10. The van der Waals surface area contributed by atoms with Gasteiger partial charge in [-0.25, -0.2) is 8.42 Å². The standard InChI is InChI=1S/C28H35NO6S/c1-36(33,34)26-10-7-21(8-11-26)6-3-15-35-20-23-5-2-4-22(16-23)13-14-29-18-28(32)24-9-12-27(31)25(17-24)19-30/h2,4-5,7-12,16-17,28-32H,3,6,13-15,18-20H2,1H3. The minimum absolute atomic E-state index is 0.0199. The zero-order valence-electron chi connectivity index (χ0n) is 20.6. The third-order valence-electron chi connectivity index (χ3n) is 5.95. The summed E-state index contributed by atoms with van der Waals surface area (Å²) < 4.78 is 28.9. The van der Waals surface area contributed by atoms with Crippen LogP contribution in [0.1, 0.15) is 40.3 Å². The molecule has 0 saturated heterocycles. The fourth-order valence-electron chi connectivity index (χ4n) is 3.88. The molecule has 0 spiro atoms. The van der Waals surface area contributed by atoms with Crippen molar-refractivity contribution in [2.45, 2.75) is 43.5 Å². The number of benzene rings is 3. The number of sulfone groups is 1. The van der Waals surface area contributed by atoms with E-state index in [-0.39, 0.29) is 12.4 Å². The van der Waals surface area contributed by atoms with Crippen LogP contribution in [0, 0.1) is 0 Å². The van der Waals surface area contributed by atoms with Crippen LogP contribution in [0.25, 0.3) is 0 Å². The molecule has 0 bridgehead atoms. The lowest BCUT2D eigenvalue weighted by molar-refractivity contribution is 0.118. The molecule has 1 atom stereocenters. The molecule has 0 aliphatic carbocycles. The molecule has 36 heavy (non-hydrogen) atoms. The third kappa shape index (κ3) is 8.72. The van der Waals surface area contributed by atoms with Gasteiger partial charge >= 0.3 is 0 Å². The van der Waals surface area contributed by atoms with E-state index in [2.05, 4.69) is 17.4 Å². The van der Waals surface area contributed by atoms with Gasteiger partial charge in [-0.1, -0.05) is 42.5 Å². The van der Waals surface area contributed by atoms with Gasteiger partial charge in [-0.3, -0.25) is 0 Å². The Balaban J connectivity index is 1.35. The molecule has 8 heteroatoms. The third-order valence-corrected chi connectivity index (χ3v) is 7.08. The van der Waals surface area contributed by atoms with Crippen LogP contribution >= 0.6 is 0 Å². The molecule has 0 fully saturated rings. The summed E-state index contributed by atoms with van der Waals surface area (Å²) in [6, 6.07) is 20.0. The Hall–Kier alpha value is -2.75. The van der Waals surface area contributed by atoms with Gasteiger partial charge in [0.25, 0.3) is 0 Å². The molecule has 3 rings (SSSR count). The number of rotatable bonds is 14. The lowest BCUT2D eigenvalue weighted by atomic mass is 10.0. The average molecular weight is 514 g/mol. The molecule has 0 aliphatic rings. The van der Waals surface area contributed by atoms with Gasteiger partial charge in [0, 0.05) is 25.0 Å². The van der Waals surface area contributed by atoms with Crippen molar-refractivity contribution in [3.05, 3.63) is 94.5 Å². The minimum Gasteiger partial charge on any atom is -0.508 e. The second-order valence-electron chi connectivity index (χ2n) is 8.91. The summed E-state index contributed by atoms with van der Waals surface area (Å²) in [6.07, 6.45) is 2.97. The van der Waals surface area contributed by atoms with Crippen LogP contribution < -0.4 is 5.32 Å². The van der Waals surface area contributed by atoms with E-state index in [0.29, 0.717) is 42.3 Å². The molecule has 0 amide bonds. The minimum atomic E-state index is -3.16. The van der Waals surface area contributed by atoms with E-state index in [1.807, 2.05) is 24.3 Å². The smallest absolute Gasteiger partial charge is 0.175 e. The number of aliphatic hydroxyl groups is 2. The zero-order valence-corrected chi connectivity index (χ0v) is 21.4. The van der Waals surface area contributed by atoms with Crippen molar-refractivity contribution < 1.29 is 28.5 Å². The molecule has 0 heterocycles. The van der Waals surface area contributed by atoms with Crippen molar-refractivity contribution in [1.82, 2.24) is 5.32 Å². The number of aryl methyl sites for hydroxylation is 1. The summed E-state index contributed by atoms with van der Waals surface area (Å²) >= 11 is 0. The SMILES string of the molecule is CS(=O)(=O)c1ccc(CCCOCc2cccc(CCNCC(O)c3ccc(O)c(CO)c3)c2)cc1. The molecule has 4 N–H and O–H groups in total. The van der Waals surface area contributed by atoms with Crippen molar-refractivity contribution in [1.29, 1.82) is 0 Å². The van der Waals surface area contributed by atoms with E-state index >= 15 is 0 Å². The molecule has 1 unspecified atom stereocenters. The molecular weight excluding hydrogens is 478 g/mol. The van der Waals surface area contributed by atoms with Crippen LogP contribution in [0.15, 0.2) is 71.6 Å². The molecule has 0 aliphatic heterocycles. The summed E-state index contributed by atoms with van der Waals surface area (Å²) in [7, 11) is -3.16. The van der Waals surface area contributed by atoms with E-state index < -0.39 is 15.9 Å². The first kappa shape index (κ1) is 27.8. The fraction of sp³-hybridized carbons (Fsp3) is 0.357. The topological polar surface area (TPSA) is 116 Å². The molecule has 3 aromatic rings. The van der Waals surface area contributed by atoms with Gasteiger partial charge in [0.05, 0.1) is 24.2 Å². The predicted octanol–water partition coefficient (Wildman–Crippen LogP) is 3.30. The van der Waals surface area contributed by atoms with Gasteiger partial charge in [-0.05, 0) is 72.3 Å². The van der Waals surface area contributed by atoms with Crippen LogP contribution in [0.5, 0.6) is 5.75 Å². The van der Waals surface area contributed by atoms with E-state index in [0.717, 1.165) is 30.4 Å². The number of hydrogen-bond donors (Lipinski definition) is 4. The molecular formula is C28H35NO6S. The van der Waals surface area contributed by atoms with Gasteiger partial charge in [-0.2, -0.15) is 0 Å². The highest BCUT2D eigenvalue weighted by Crippen LogP contribution is 2.22. The van der Waals surface area contributed by atoms with Crippen molar-refractivity contribution in [3.8, 4) is 5.75 Å². The van der Waals surface area contributed by atoms with Gasteiger partial charge in [0.1, 0.15) is 5.75 Å². The van der Waals surface area contributed by atoms with Crippen molar-refractivity contribution >= 4 is 9.84 Å². The lowest BCUT2D eigenvalue weighted by Crippen LogP contribution is -2.23. The maximum absolute atomic E-state index is 11.5. The van der Waals surface area contributed by atoms with Gasteiger partial charge in [0.2, 0.25) is 0 Å². The quantitative estimate of drug-likeness (QED) is 0.245. The highest BCUT2D eigenvalue weighted by atomic mass is 32.2. The van der Waals surface area contributed by atoms with Crippen LogP contribution in [-0.2, 0) is 40.6 Å². The Labute approximate surface area is 213 Å². The predicted molar refractivity (Wildman–Crippen MR) is 140 cm³/mol. The van der Waals surface area contributed by atoms with Crippen molar-refractivity contribution in [2.24, 2.45) is 0 Å². The van der Waals surface area contributed by atoms with Crippen LogP contribution in [-0.4, -0.2) is 49.7 Å². The normalized spacial score (nSPS) is 12.5. The van der Waals surface area contributed by atoms with Crippen LogP contribution in [0.2, 0.25) is 0 Å². The Bertz CT molecular complexity index is 1210. The summed E-state index contributed by atoms with van der Waals surface area (Å²) in [5.74, 6) is 0.0199. The van der Waals surface area contributed by atoms with Crippen LogP contribution in [0.4, 0.5) is 0 Å². The molecule has 194 valence electrons. The van der Waals surface area contributed by atoms with E-state index in [1.165, 1.54) is 17.9 Å². The summed E-state index contributed by atoms with van der Waals surface area (Å²) in [4.78, 5) is 0.336. The molecule has 0 radical (unpaired) electrons. The molecule has 3 aromatic carbocycles. The van der Waals surface area contributed by atoms with Gasteiger partial charge in [-0.15, -0.1) is 0 Å². The summed E-state index contributed by atoms with van der Waals surface area (Å²) in [6.45, 7) is 1.94. The first-order valence-electron chi connectivity index (χ1n) is 12.0. The first-order valence-corrected chi connectivity index (χ1v) is 13.9. The molecule has 0 aromatic heterocycles. The van der Waals surface area contributed by atoms with Crippen LogP contribution in [0.3, 0.4) is 0 Å². The monoisotopic (exact) mass is 513 g/mol. The Kier molecular flexibility index (Phi) is 10.5. The van der Waals surface area contributed by atoms with Crippen molar-refractivity contribution in [3.63, 3.8) is 0 Å². The lowest BCUT2D eigenvalue weighted by Gasteiger charge is -2.14. The Morgan fingerprint density at radius 1 is 0.944 bits per heavy atom. The number of aliphatic hydroxyl groups excluding tert-OH is 2. The largest absolute Gasteiger partial charge is 0.508 e. The second-order valence-corrected chi connectivity index (χ2v) is 10.9. The maximum Gasteiger partial charge on any atom is 0.175 e. The molecule has 0 saturated carbocycles. The number of phenols is 1. The van der Waals surface area contributed by atoms with Gasteiger partial charge in [0.15, 0.2) is 9.84 Å². The van der Waals surface area contributed by atoms with E-state index in [1.54, 1.807) is 24.3 Å². The number of aromatic hydroxyl groups is 1. The second kappa shape index (κ2) is 13.5. The van der Waals surface area contributed by atoms with E-state index in [9.17, 15) is 23.7 Å². The van der Waals surface area contributed by atoms with Crippen molar-refractivity contribution in [2.75, 3.05) is 26.0 Å². The first-order chi connectivity index (χ1) is 17.3. The van der Waals surface area contributed by atoms with E-state index in [4.69, 9.17) is 4.74 Å². The summed E-state index contributed by atoms with van der Waals surface area (Å²) in [5.41, 5.74) is 4.41. The maximum atomic E-state index is 11.5. The Morgan fingerprint density at radius 2 is 1.69 bits per heavy atom. The number of ether oxygens (including phenoxy) is 1. The zero-order chi connectivity index (χ0) is 26.0. The number of hydrogen-bond acceptors (Lipinski definition) is 7. The molecule has 7 nitrogen and oxygen atoms in total. The fourth-order valence-corrected chi connectivity index (χ4v) is 4.51. The van der Waals surface area contributed by atoms with Gasteiger partial charge < -0.3 is 25.4 Å². The highest BCUT2D eigenvalue weighted by molar-refractivity contribution is 7.90.